The topological polar surface area (TPSA) is 112 Å². The van der Waals surface area contributed by atoms with Crippen molar-refractivity contribution >= 4 is 23.3 Å². The van der Waals surface area contributed by atoms with Crippen LogP contribution in [0.1, 0.15) is 51.4 Å². The zero-order valence-electron chi connectivity index (χ0n) is 19.0. The van der Waals surface area contributed by atoms with E-state index in [4.69, 9.17) is 4.74 Å². The second-order valence-electron chi connectivity index (χ2n) is 9.15. The van der Waals surface area contributed by atoms with Crippen molar-refractivity contribution in [3.05, 3.63) is 41.0 Å². The van der Waals surface area contributed by atoms with Crippen LogP contribution in [-0.4, -0.2) is 62.5 Å². The van der Waals surface area contributed by atoms with E-state index in [0.29, 0.717) is 0 Å². The molecule has 2 heterocycles. The normalized spacial score (nSPS) is 20.7. The van der Waals surface area contributed by atoms with Gasteiger partial charge < -0.3 is 20.3 Å². The number of aliphatic hydroxyl groups excluding tert-OH is 2. The number of thiazole rings is 1. The summed E-state index contributed by atoms with van der Waals surface area (Å²) in [5, 5.41) is 23.3. The third-order valence-electron chi connectivity index (χ3n) is 5.27. The maximum Gasteiger partial charge on any atom is 0.411 e. The number of amides is 2. The molecule has 4 atom stereocenters. The summed E-state index contributed by atoms with van der Waals surface area (Å²) in [7, 11) is 0. The van der Waals surface area contributed by atoms with E-state index in [2.05, 4.69) is 10.3 Å². The lowest BCUT2D eigenvalue weighted by Gasteiger charge is -2.29. The number of hydrogen-bond acceptors (Lipinski definition) is 7. The Kier molecular flexibility index (Phi) is 7.22. The van der Waals surface area contributed by atoms with Crippen molar-refractivity contribution in [1.29, 1.82) is 0 Å². The molecule has 1 saturated heterocycles. The first-order chi connectivity index (χ1) is 15.0. The van der Waals surface area contributed by atoms with Gasteiger partial charge in [-0.2, -0.15) is 0 Å². The number of likely N-dealkylation sites (tertiary alicyclic amines) is 1. The molecular formula is C23H31N3O5S. The number of carbonyl (C=O) groups is 2. The SMILES string of the molecule is Cc1ncsc1-c1ccc(C(NC(=O)[C@@H]2C[C@@H](O)CN2C(=O)OC(C)(C)C)[C@H](C)O)cc1. The van der Waals surface area contributed by atoms with Gasteiger partial charge in [0.1, 0.15) is 11.6 Å². The van der Waals surface area contributed by atoms with Crippen LogP contribution in [0.5, 0.6) is 0 Å². The highest BCUT2D eigenvalue weighted by Gasteiger charge is 2.41. The highest BCUT2D eigenvalue weighted by molar-refractivity contribution is 7.13. The summed E-state index contributed by atoms with van der Waals surface area (Å²) in [4.78, 5) is 32.2. The van der Waals surface area contributed by atoms with Crippen LogP contribution >= 0.6 is 11.3 Å². The molecule has 0 spiro atoms. The molecule has 3 rings (SSSR count). The number of nitrogens with zero attached hydrogens (tertiary/aromatic N) is 2. The van der Waals surface area contributed by atoms with E-state index in [1.165, 1.54) is 4.90 Å². The van der Waals surface area contributed by atoms with Gasteiger partial charge in [-0.15, -0.1) is 11.3 Å². The van der Waals surface area contributed by atoms with E-state index in [9.17, 15) is 19.8 Å². The van der Waals surface area contributed by atoms with Crippen molar-refractivity contribution in [3.63, 3.8) is 0 Å². The fraction of sp³-hybridized carbons (Fsp3) is 0.522. The summed E-state index contributed by atoms with van der Waals surface area (Å²) in [5.74, 6) is -0.444. The first-order valence-corrected chi connectivity index (χ1v) is 11.5. The molecule has 1 aromatic heterocycles. The molecule has 1 aliphatic rings. The highest BCUT2D eigenvalue weighted by Crippen LogP contribution is 2.29. The summed E-state index contributed by atoms with van der Waals surface area (Å²) >= 11 is 1.55. The molecule has 1 unspecified atom stereocenters. The van der Waals surface area contributed by atoms with Crippen LogP contribution in [0.4, 0.5) is 4.79 Å². The van der Waals surface area contributed by atoms with Gasteiger partial charge in [-0.25, -0.2) is 9.78 Å². The number of aryl methyl sites for hydroxylation is 1. The van der Waals surface area contributed by atoms with E-state index in [1.807, 2.05) is 31.2 Å². The van der Waals surface area contributed by atoms with Crippen LogP contribution in [0, 0.1) is 6.92 Å². The number of benzene rings is 1. The summed E-state index contributed by atoms with van der Waals surface area (Å²) in [6.07, 6.45) is -2.21. The average molecular weight is 462 g/mol. The Morgan fingerprint density at radius 3 is 2.47 bits per heavy atom. The maximum absolute atomic E-state index is 13.1. The zero-order chi connectivity index (χ0) is 23.6. The third-order valence-corrected chi connectivity index (χ3v) is 6.24. The number of carbonyl (C=O) groups excluding carboxylic acids is 2. The van der Waals surface area contributed by atoms with Crippen molar-refractivity contribution in [3.8, 4) is 10.4 Å². The smallest absolute Gasteiger partial charge is 0.411 e. The van der Waals surface area contributed by atoms with Gasteiger partial charge in [0.2, 0.25) is 5.91 Å². The van der Waals surface area contributed by atoms with Crippen molar-refractivity contribution < 1.29 is 24.5 Å². The van der Waals surface area contributed by atoms with Crippen molar-refractivity contribution in [2.75, 3.05) is 6.54 Å². The minimum atomic E-state index is -0.875. The molecule has 2 aromatic rings. The molecule has 1 aliphatic heterocycles. The first kappa shape index (κ1) is 24.2. The van der Waals surface area contributed by atoms with Crippen molar-refractivity contribution in [1.82, 2.24) is 15.2 Å². The quantitative estimate of drug-likeness (QED) is 0.631. The van der Waals surface area contributed by atoms with Crippen molar-refractivity contribution in [2.45, 2.75) is 70.9 Å². The summed E-state index contributed by atoms with van der Waals surface area (Å²) in [5.41, 5.74) is 3.78. The van der Waals surface area contributed by atoms with Gasteiger partial charge in [-0.3, -0.25) is 9.69 Å². The lowest BCUT2D eigenvalue weighted by molar-refractivity contribution is -0.127. The summed E-state index contributed by atoms with van der Waals surface area (Å²) in [6, 6.07) is 6.05. The molecule has 32 heavy (non-hydrogen) atoms. The second-order valence-corrected chi connectivity index (χ2v) is 10.0. The predicted molar refractivity (Wildman–Crippen MR) is 122 cm³/mol. The van der Waals surface area contributed by atoms with Crippen LogP contribution in [0.2, 0.25) is 0 Å². The van der Waals surface area contributed by atoms with Gasteiger partial charge in [0.15, 0.2) is 0 Å². The largest absolute Gasteiger partial charge is 0.444 e. The molecule has 0 radical (unpaired) electrons. The maximum atomic E-state index is 13.1. The molecule has 0 aliphatic carbocycles. The van der Waals surface area contributed by atoms with E-state index in [-0.39, 0.29) is 13.0 Å². The van der Waals surface area contributed by atoms with Crippen LogP contribution in [0.3, 0.4) is 0 Å². The Labute approximate surface area is 192 Å². The van der Waals surface area contributed by atoms with Crippen LogP contribution in [0.25, 0.3) is 10.4 Å². The Hall–Kier alpha value is -2.49. The van der Waals surface area contributed by atoms with Crippen molar-refractivity contribution in [2.24, 2.45) is 0 Å². The molecule has 2 amide bonds. The Morgan fingerprint density at radius 2 is 1.94 bits per heavy atom. The van der Waals surface area contributed by atoms with Crippen LogP contribution in [0.15, 0.2) is 29.8 Å². The highest BCUT2D eigenvalue weighted by atomic mass is 32.1. The van der Waals surface area contributed by atoms with Gasteiger partial charge >= 0.3 is 6.09 Å². The fourth-order valence-electron chi connectivity index (χ4n) is 3.74. The lowest BCUT2D eigenvalue weighted by atomic mass is 9.99. The number of hydrogen-bond donors (Lipinski definition) is 3. The van der Waals surface area contributed by atoms with Gasteiger partial charge in [0.05, 0.1) is 40.9 Å². The van der Waals surface area contributed by atoms with Gasteiger partial charge in [0, 0.05) is 6.42 Å². The van der Waals surface area contributed by atoms with E-state index in [0.717, 1.165) is 21.7 Å². The van der Waals surface area contributed by atoms with Gasteiger partial charge in [-0.1, -0.05) is 24.3 Å². The average Bonchev–Trinajstić information content (AvgIpc) is 3.30. The fourth-order valence-corrected chi connectivity index (χ4v) is 4.55. The number of ether oxygens (including phenoxy) is 1. The van der Waals surface area contributed by atoms with Crippen LogP contribution < -0.4 is 5.32 Å². The standard InChI is InChI=1S/C23H31N3O5S/c1-13-20(32-12-24-13)16-8-6-15(7-9-16)19(14(2)27)25-21(29)18-10-17(28)11-26(18)22(30)31-23(3,4)5/h6-9,12,14,17-19,27-28H,10-11H2,1-5H3,(H,25,29)/t14-,17+,18-,19?/m0/s1. The van der Waals surface area contributed by atoms with E-state index in [1.54, 1.807) is 44.5 Å². The number of nitrogens with one attached hydrogen (secondary N) is 1. The molecule has 9 heteroatoms. The van der Waals surface area contributed by atoms with Gasteiger partial charge in [-0.05, 0) is 45.7 Å². The molecule has 0 saturated carbocycles. The molecular weight excluding hydrogens is 430 g/mol. The zero-order valence-corrected chi connectivity index (χ0v) is 19.8. The number of β-amino-alcohol motifs (C(OH)–C–C–N with tert-alkyl or cyclic N) is 1. The monoisotopic (exact) mass is 461 g/mol. The minimum Gasteiger partial charge on any atom is -0.444 e. The molecule has 8 nitrogen and oxygen atoms in total. The third kappa shape index (κ3) is 5.65. The summed E-state index contributed by atoms with van der Waals surface area (Å²) in [6.45, 7) is 8.80. The molecule has 1 aromatic carbocycles. The molecule has 3 N–H and O–H groups in total. The molecule has 1 fully saturated rings. The number of aliphatic hydroxyl groups is 2. The van der Waals surface area contributed by atoms with E-state index >= 15 is 0 Å². The second kappa shape index (κ2) is 9.56. The Bertz CT molecular complexity index is 951. The van der Waals surface area contributed by atoms with Gasteiger partial charge in [0.25, 0.3) is 0 Å². The number of aromatic nitrogens is 1. The van der Waals surface area contributed by atoms with E-state index < -0.39 is 41.9 Å². The Morgan fingerprint density at radius 1 is 1.28 bits per heavy atom. The minimum absolute atomic E-state index is 0.0231. The first-order valence-electron chi connectivity index (χ1n) is 10.6. The Balaban J connectivity index is 1.76. The number of rotatable bonds is 5. The predicted octanol–water partition coefficient (Wildman–Crippen LogP) is 3.03. The lowest BCUT2D eigenvalue weighted by Crippen LogP contribution is -2.49. The van der Waals surface area contributed by atoms with Crippen LogP contribution in [-0.2, 0) is 9.53 Å². The summed E-state index contributed by atoms with van der Waals surface area (Å²) < 4.78 is 5.39. The molecule has 174 valence electrons. The molecule has 0 bridgehead atoms.